The van der Waals surface area contributed by atoms with Crippen LogP contribution in [0.25, 0.3) is 0 Å². The summed E-state index contributed by atoms with van der Waals surface area (Å²) in [5.74, 6) is 0.668. The molecule has 1 heterocycles. The molecule has 1 fully saturated rings. The van der Waals surface area contributed by atoms with Crippen LogP contribution in [-0.4, -0.2) is 31.8 Å². The van der Waals surface area contributed by atoms with E-state index in [1.54, 1.807) is 0 Å². The molecule has 2 N–H and O–H groups in total. The Morgan fingerprint density at radius 3 is 2.80 bits per heavy atom. The van der Waals surface area contributed by atoms with E-state index in [2.05, 4.69) is 26.6 Å². The molecule has 3 rings (SSSR count). The third-order valence-corrected chi connectivity index (χ3v) is 4.40. The predicted molar refractivity (Wildman–Crippen MR) is 102 cm³/mol. The highest BCUT2D eigenvalue weighted by molar-refractivity contribution is 9.10. The molecule has 1 amide bonds. The third kappa shape index (κ3) is 5.76. The number of nitrogens with one attached hydrogen (secondary N) is 2. The lowest BCUT2D eigenvalue weighted by Crippen LogP contribution is -2.21. The summed E-state index contributed by atoms with van der Waals surface area (Å²) in [5.41, 5.74) is 1.61. The van der Waals surface area contributed by atoms with Crippen LogP contribution in [0, 0.1) is 0 Å². The van der Waals surface area contributed by atoms with Crippen molar-refractivity contribution in [1.82, 2.24) is 0 Å². The van der Waals surface area contributed by atoms with Crippen LogP contribution in [0.3, 0.4) is 0 Å². The molecule has 1 atom stereocenters. The summed E-state index contributed by atoms with van der Waals surface area (Å²) < 4.78 is 12.3. The van der Waals surface area contributed by atoms with Crippen molar-refractivity contribution in [2.24, 2.45) is 0 Å². The number of halogens is 1. The minimum absolute atomic E-state index is 0.104. The number of hydrogen-bond acceptors (Lipinski definition) is 4. The molecule has 2 aromatic carbocycles. The van der Waals surface area contributed by atoms with Crippen LogP contribution in [0.1, 0.15) is 12.8 Å². The molecule has 1 saturated heterocycles. The van der Waals surface area contributed by atoms with Gasteiger partial charge in [-0.1, -0.05) is 22.0 Å². The summed E-state index contributed by atoms with van der Waals surface area (Å²) in [4.78, 5) is 12.0. The van der Waals surface area contributed by atoms with Gasteiger partial charge in [0.1, 0.15) is 12.4 Å². The van der Waals surface area contributed by atoms with Crippen LogP contribution in [0.4, 0.5) is 11.4 Å². The highest BCUT2D eigenvalue weighted by atomic mass is 79.9. The van der Waals surface area contributed by atoms with E-state index in [0.717, 1.165) is 41.0 Å². The van der Waals surface area contributed by atoms with Crippen molar-refractivity contribution >= 4 is 33.2 Å². The molecule has 132 valence electrons. The summed E-state index contributed by atoms with van der Waals surface area (Å²) >= 11 is 3.37. The number of amides is 1. The average Bonchev–Trinajstić information content (AvgIpc) is 3.14. The Labute approximate surface area is 155 Å². The predicted octanol–water partition coefficient (Wildman–Crippen LogP) is 4.06. The summed E-state index contributed by atoms with van der Waals surface area (Å²) in [6, 6.07) is 15.1. The lowest BCUT2D eigenvalue weighted by molar-refractivity contribution is -0.114. The number of ether oxygens (including phenoxy) is 2. The summed E-state index contributed by atoms with van der Waals surface area (Å²) in [6.45, 7) is 1.57. The molecule has 0 spiro atoms. The number of benzene rings is 2. The monoisotopic (exact) mass is 404 g/mol. The second-order valence-electron chi connectivity index (χ2n) is 5.88. The second-order valence-corrected chi connectivity index (χ2v) is 6.80. The van der Waals surface area contributed by atoms with E-state index in [4.69, 9.17) is 9.47 Å². The highest BCUT2D eigenvalue weighted by Crippen LogP contribution is 2.20. The fourth-order valence-electron chi connectivity index (χ4n) is 2.58. The lowest BCUT2D eigenvalue weighted by atomic mass is 10.2. The summed E-state index contributed by atoms with van der Waals surface area (Å²) in [5, 5.41) is 5.96. The quantitative estimate of drug-likeness (QED) is 0.730. The van der Waals surface area contributed by atoms with Gasteiger partial charge < -0.3 is 20.1 Å². The topological polar surface area (TPSA) is 59.6 Å². The molecule has 6 heteroatoms. The van der Waals surface area contributed by atoms with Gasteiger partial charge in [-0.3, -0.25) is 4.79 Å². The molecule has 1 aliphatic rings. The standard InChI is InChI=1S/C19H21BrN2O3/c20-14-6-8-15(9-7-14)22-19(23)12-21-16-3-1-4-17(11-16)25-13-18-5-2-10-24-18/h1,3-4,6-9,11,18,21H,2,5,10,12-13H2,(H,22,23). The van der Waals surface area contributed by atoms with Crippen molar-refractivity contribution in [2.75, 3.05) is 30.4 Å². The van der Waals surface area contributed by atoms with Gasteiger partial charge in [-0.25, -0.2) is 0 Å². The van der Waals surface area contributed by atoms with Crippen LogP contribution < -0.4 is 15.4 Å². The van der Waals surface area contributed by atoms with E-state index in [1.807, 2.05) is 48.5 Å². The Kier molecular flexibility index (Phi) is 6.30. The largest absolute Gasteiger partial charge is 0.491 e. The summed E-state index contributed by atoms with van der Waals surface area (Å²) in [7, 11) is 0. The third-order valence-electron chi connectivity index (χ3n) is 3.87. The van der Waals surface area contributed by atoms with Crippen molar-refractivity contribution in [3.8, 4) is 5.75 Å². The van der Waals surface area contributed by atoms with Crippen molar-refractivity contribution in [1.29, 1.82) is 0 Å². The van der Waals surface area contributed by atoms with Crippen molar-refractivity contribution in [3.63, 3.8) is 0 Å². The van der Waals surface area contributed by atoms with E-state index in [0.29, 0.717) is 6.61 Å². The maximum atomic E-state index is 12.0. The molecule has 25 heavy (non-hydrogen) atoms. The Hall–Kier alpha value is -2.05. The van der Waals surface area contributed by atoms with Crippen LogP contribution >= 0.6 is 15.9 Å². The molecule has 0 aliphatic carbocycles. The van der Waals surface area contributed by atoms with Gasteiger partial charge >= 0.3 is 0 Å². The molecule has 0 saturated carbocycles. The van der Waals surface area contributed by atoms with Crippen LogP contribution in [-0.2, 0) is 9.53 Å². The molecule has 5 nitrogen and oxygen atoms in total. The number of carbonyl (C=O) groups excluding carboxylic acids is 1. The zero-order valence-electron chi connectivity index (χ0n) is 13.8. The normalized spacial score (nSPS) is 16.4. The van der Waals surface area contributed by atoms with Crippen LogP contribution in [0.15, 0.2) is 53.0 Å². The number of hydrogen-bond donors (Lipinski definition) is 2. The van der Waals surface area contributed by atoms with Gasteiger partial charge in [0.25, 0.3) is 0 Å². The van der Waals surface area contributed by atoms with Gasteiger partial charge in [-0.15, -0.1) is 0 Å². The zero-order valence-corrected chi connectivity index (χ0v) is 15.4. The molecule has 1 aliphatic heterocycles. The first-order valence-corrected chi connectivity index (χ1v) is 9.12. The zero-order chi connectivity index (χ0) is 17.5. The van der Waals surface area contributed by atoms with E-state index in [-0.39, 0.29) is 18.6 Å². The fourth-order valence-corrected chi connectivity index (χ4v) is 2.85. The minimum atomic E-state index is -0.104. The first kappa shape index (κ1) is 17.8. The van der Waals surface area contributed by atoms with E-state index in [1.165, 1.54) is 0 Å². The van der Waals surface area contributed by atoms with Crippen molar-refractivity contribution in [3.05, 3.63) is 53.0 Å². The summed E-state index contributed by atoms with van der Waals surface area (Å²) in [6.07, 6.45) is 2.34. The molecule has 0 radical (unpaired) electrons. The van der Waals surface area contributed by atoms with Crippen LogP contribution in [0.2, 0.25) is 0 Å². The number of carbonyl (C=O) groups is 1. The first-order chi connectivity index (χ1) is 12.2. The fraction of sp³-hybridized carbons (Fsp3) is 0.316. The highest BCUT2D eigenvalue weighted by Gasteiger charge is 2.16. The van der Waals surface area contributed by atoms with Crippen molar-refractivity contribution in [2.45, 2.75) is 18.9 Å². The molecule has 0 aromatic heterocycles. The maximum Gasteiger partial charge on any atom is 0.243 e. The van der Waals surface area contributed by atoms with Gasteiger partial charge in [0.15, 0.2) is 0 Å². The second kappa shape index (κ2) is 8.87. The van der Waals surface area contributed by atoms with Crippen LogP contribution in [0.5, 0.6) is 5.75 Å². The Bertz CT molecular complexity index is 700. The van der Waals surface area contributed by atoms with Gasteiger partial charge in [-0.2, -0.15) is 0 Å². The van der Waals surface area contributed by atoms with Crippen molar-refractivity contribution < 1.29 is 14.3 Å². The molecule has 1 unspecified atom stereocenters. The van der Waals surface area contributed by atoms with Gasteiger partial charge in [-0.05, 0) is 49.2 Å². The van der Waals surface area contributed by atoms with Gasteiger partial charge in [0.05, 0.1) is 12.6 Å². The Balaban J connectivity index is 1.46. The Morgan fingerprint density at radius 1 is 1.20 bits per heavy atom. The van der Waals surface area contributed by atoms with Gasteiger partial charge in [0.2, 0.25) is 5.91 Å². The average molecular weight is 405 g/mol. The number of anilines is 2. The molecule has 2 aromatic rings. The SMILES string of the molecule is O=C(CNc1cccc(OCC2CCCO2)c1)Nc1ccc(Br)cc1. The van der Waals surface area contributed by atoms with E-state index >= 15 is 0 Å². The van der Waals surface area contributed by atoms with E-state index < -0.39 is 0 Å². The number of rotatable bonds is 7. The smallest absolute Gasteiger partial charge is 0.243 e. The molecular weight excluding hydrogens is 384 g/mol. The van der Waals surface area contributed by atoms with Gasteiger partial charge in [0, 0.05) is 28.5 Å². The molecular formula is C19H21BrN2O3. The first-order valence-electron chi connectivity index (χ1n) is 8.33. The minimum Gasteiger partial charge on any atom is -0.491 e. The molecule has 0 bridgehead atoms. The lowest BCUT2D eigenvalue weighted by Gasteiger charge is -2.13. The van der Waals surface area contributed by atoms with E-state index in [9.17, 15) is 4.79 Å². The Morgan fingerprint density at radius 2 is 2.04 bits per heavy atom. The maximum absolute atomic E-state index is 12.0.